The Bertz CT molecular complexity index is 555. The van der Waals surface area contributed by atoms with E-state index in [2.05, 4.69) is 15.3 Å². The number of ether oxygens (including phenoxy) is 1. The molecule has 0 saturated carbocycles. The molecule has 0 radical (unpaired) electrons. The number of hydrogen-bond acceptors (Lipinski definition) is 4. The number of halogens is 2. The fourth-order valence-corrected chi connectivity index (χ4v) is 1.41. The SMILES string of the molecule is CNc1nc(C)cc(Oc2cc(F)cc(F)c2)n1. The highest BCUT2D eigenvalue weighted by Crippen LogP contribution is 2.22. The molecule has 1 N–H and O–H groups in total. The van der Waals surface area contributed by atoms with Crippen molar-refractivity contribution in [1.82, 2.24) is 9.97 Å². The maximum atomic E-state index is 13.0. The molecule has 0 atom stereocenters. The van der Waals surface area contributed by atoms with Crippen molar-refractivity contribution >= 4 is 5.95 Å². The molecule has 0 unspecified atom stereocenters. The van der Waals surface area contributed by atoms with Gasteiger partial charge in [-0.15, -0.1) is 0 Å². The first-order chi connectivity index (χ1) is 8.56. The van der Waals surface area contributed by atoms with Crippen LogP contribution in [0.3, 0.4) is 0 Å². The van der Waals surface area contributed by atoms with Crippen LogP contribution in [0.1, 0.15) is 5.69 Å². The molecule has 6 heteroatoms. The Kier molecular flexibility index (Phi) is 3.36. The van der Waals surface area contributed by atoms with E-state index < -0.39 is 11.6 Å². The van der Waals surface area contributed by atoms with Crippen LogP contribution in [-0.4, -0.2) is 17.0 Å². The van der Waals surface area contributed by atoms with Gasteiger partial charge < -0.3 is 10.1 Å². The lowest BCUT2D eigenvalue weighted by Gasteiger charge is -2.07. The minimum atomic E-state index is -0.704. The van der Waals surface area contributed by atoms with Gasteiger partial charge in [0, 0.05) is 37.0 Å². The van der Waals surface area contributed by atoms with Gasteiger partial charge in [-0.25, -0.2) is 13.8 Å². The fraction of sp³-hybridized carbons (Fsp3) is 0.167. The van der Waals surface area contributed by atoms with Crippen molar-refractivity contribution in [2.45, 2.75) is 6.92 Å². The predicted molar refractivity (Wildman–Crippen MR) is 62.7 cm³/mol. The number of aryl methyl sites for hydroxylation is 1. The molecule has 0 aliphatic carbocycles. The highest BCUT2D eigenvalue weighted by molar-refractivity contribution is 5.33. The Morgan fingerprint density at radius 1 is 1.06 bits per heavy atom. The topological polar surface area (TPSA) is 47.0 Å². The summed E-state index contributed by atoms with van der Waals surface area (Å²) in [6.45, 7) is 1.77. The minimum absolute atomic E-state index is 0.0488. The van der Waals surface area contributed by atoms with Gasteiger partial charge in [0.15, 0.2) is 0 Å². The third-order valence-corrected chi connectivity index (χ3v) is 2.11. The first-order valence-corrected chi connectivity index (χ1v) is 5.24. The number of nitrogens with one attached hydrogen (secondary N) is 1. The van der Waals surface area contributed by atoms with Crippen molar-refractivity contribution in [3.8, 4) is 11.6 Å². The average Bonchev–Trinajstić information content (AvgIpc) is 2.26. The first-order valence-electron chi connectivity index (χ1n) is 5.24. The van der Waals surface area contributed by atoms with Crippen LogP contribution in [0.5, 0.6) is 11.6 Å². The van der Waals surface area contributed by atoms with Crippen LogP contribution < -0.4 is 10.1 Å². The van der Waals surface area contributed by atoms with Crippen molar-refractivity contribution in [2.24, 2.45) is 0 Å². The zero-order valence-electron chi connectivity index (χ0n) is 9.87. The maximum absolute atomic E-state index is 13.0. The lowest BCUT2D eigenvalue weighted by Crippen LogP contribution is -1.99. The van der Waals surface area contributed by atoms with Gasteiger partial charge in [-0.1, -0.05) is 0 Å². The number of anilines is 1. The second-order valence-corrected chi connectivity index (χ2v) is 3.63. The first kappa shape index (κ1) is 12.2. The molecule has 0 bridgehead atoms. The van der Waals surface area contributed by atoms with Gasteiger partial charge in [0.05, 0.1) is 0 Å². The van der Waals surface area contributed by atoms with Crippen molar-refractivity contribution in [3.63, 3.8) is 0 Å². The van der Waals surface area contributed by atoms with Crippen LogP contribution in [0.2, 0.25) is 0 Å². The van der Waals surface area contributed by atoms with Crippen LogP contribution in [0.15, 0.2) is 24.3 Å². The zero-order chi connectivity index (χ0) is 13.1. The second-order valence-electron chi connectivity index (χ2n) is 3.63. The summed E-state index contributed by atoms with van der Waals surface area (Å²) >= 11 is 0. The molecule has 1 heterocycles. The zero-order valence-corrected chi connectivity index (χ0v) is 9.87. The predicted octanol–water partition coefficient (Wildman–Crippen LogP) is 2.90. The molecular formula is C12H11F2N3O. The molecule has 1 aromatic heterocycles. The standard InChI is InChI=1S/C12H11F2N3O/c1-7-3-11(17-12(15-2)16-7)18-10-5-8(13)4-9(14)6-10/h3-6H,1-2H3,(H,15,16,17). The van der Waals surface area contributed by atoms with Crippen molar-refractivity contribution in [2.75, 3.05) is 12.4 Å². The summed E-state index contributed by atoms with van der Waals surface area (Å²) in [6, 6.07) is 4.51. The summed E-state index contributed by atoms with van der Waals surface area (Å²) in [6.07, 6.45) is 0. The molecule has 2 rings (SSSR count). The van der Waals surface area contributed by atoms with Gasteiger partial charge in [0.1, 0.15) is 17.4 Å². The van der Waals surface area contributed by atoms with E-state index in [1.807, 2.05) is 0 Å². The normalized spacial score (nSPS) is 10.2. The monoisotopic (exact) mass is 251 g/mol. The largest absolute Gasteiger partial charge is 0.439 e. The molecule has 0 aliphatic rings. The number of rotatable bonds is 3. The van der Waals surface area contributed by atoms with E-state index in [0.717, 1.165) is 18.2 Å². The lowest BCUT2D eigenvalue weighted by molar-refractivity contribution is 0.450. The van der Waals surface area contributed by atoms with Crippen molar-refractivity contribution < 1.29 is 13.5 Å². The smallest absolute Gasteiger partial charge is 0.225 e. The molecule has 1 aromatic carbocycles. The fourth-order valence-electron chi connectivity index (χ4n) is 1.41. The Labute approximate surface area is 103 Å². The summed E-state index contributed by atoms with van der Waals surface area (Å²) in [5.74, 6) is -0.763. The Balaban J connectivity index is 2.30. The quantitative estimate of drug-likeness (QED) is 0.911. The molecule has 18 heavy (non-hydrogen) atoms. The van der Waals surface area contributed by atoms with E-state index in [-0.39, 0.29) is 11.6 Å². The molecular weight excluding hydrogens is 240 g/mol. The molecule has 94 valence electrons. The van der Waals surface area contributed by atoms with Gasteiger partial charge in [-0.05, 0) is 6.92 Å². The van der Waals surface area contributed by atoms with Crippen molar-refractivity contribution in [1.29, 1.82) is 0 Å². The molecule has 0 amide bonds. The number of hydrogen-bond donors (Lipinski definition) is 1. The third-order valence-electron chi connectivity index (χ3n) is 2.11. The number of nitrogens with zero attached hydrogens (tertiary/aromatic N) is 2. The Morgan fingerprint density at radius 3 is 2.33 bits per heavy atom. The molecule has 0 spiro atoms. The molecule has 0 aliphatic heterocycles. The summed E-state index contributed by atoms with van der Waals surface area (Å²) in [4.78, 5) is 8.10. The van der Waals surface area contributed by atoms with Gasteiger partial charge >= 0.3 is 0 Å². The molecule has 4 nitrogen and oxygen atoms in total. The van der Waals surface area contributed by atoms with Gasteiger partial charge in [-0.2, -0.15) is 4.98 Å². The van der Waals surface area contributed by atoms with Crippen LogP contribution in [0, 0.1) is 18.6 Å². The molecule has 0 saturated heterocycles. The van der Waals surface area contributed by atoms with Crippen LogP contribution in [0.25, 0.3) is 0 Å². The minimum Gasteiger partial charge on any atom is -0.439 e. The van der Waals surface area contributed by atoms with Gasteiger partial charge in [0.25, 0.3) is 0 Å². The van der Waals surface area contributed by atoms with Crippen molar-refractivity contribution in [3.05, 3.63) is 41.6 Å². The van der Waals surface area contributed by atoms with E-state index in [4.69, 9.17) is 4.74 Å². The summed E-state index contributed by atoms with van der Waals surface area (Å²) in [5.41, 5.74) is 0.682. The molecule has 2 aromatic rings. The Hall–Kier alpha value is -2.24. The van der Waals surface area contributed by atoms with E-state index in [1.165, 1.54) is 0 Å². The van der Waals surface area contributed by atoms with E-state index >= 15 is 0 Å². The number of benzene rings is 1. The van der Waals surface area contributed by atoms with E-state index in [1.54, 1.807) is 20.0 Å². The van der Waals surface area contributed by atoms with E-state index in [9.17, 15) is 8.78 Å². The summed E-state index contributed by atoms with van der Waals surface area (Å²) in [7, 11) is 1.67. The summed E-state index contributed by atoms with van der Waals surface area (Å²) in [5, 5.41) is 2.77. The van der Waals surface area contributed by atoms with Crippen LogP contribution in [-0.2, 0) is 0 Å². The second kappa shape index (κ2) is 4.95. The average molecular weight is 251 g/mol. The van der Waals surface area contributed by atoms with E-state index in [0.29, 0.717) is 11.6 Å². The van der Waals surface area contributed by atoms with Gasteiger partial charge in [0.2, 0.25) is 11.8 Å². The van der Waals surface area contributed by atoms with Crippen LogP contribution in [0.4, 0.5) is 14.7 Å². The molecule has 0 fully saturated rings. The lowest BCUT2D eigenvalue weighted by atomic mass is 10.3. The number of aromatic nitrogens is 2. The highest BCUT2D eigenvalue weighted by atomic mass is 19.1. The van der Waals surface area contributed by atoms with Crippen LogP contribution >= 0.6 is 0 Å². The Morgan fingerprint density at radius 2 is 1.72 bits per heavy atom. The highest BCUT2D eigenvalue weighted by Gasteiger charge is 2.06. The summed E-state index contributed by atoms with van der Waals surface area (Å²) < 4.78 is 31.3. The third kappa shape index (κ3) is 2.91. The maximum Gasteiger partial charge on any atom is 0.225 e. The van der Waals surface area contributed by atoms with Gasteiger partial charge in [-0.3, -0.25) is 0 Å².